The van der Waals surface area contributed by atoms with Gasteiger partial charge in [-0.1, -0.05) is 96.6 Å². The van der Waals surface area contributed by atoms with Gasteiger partial charge in [0.05, 0.1) is 16.9 Å². The number of nitrogens with one attached hydrogen (secondary N) is 1. The summed E-state index contributed by atoms with van der Waals surface area (Å²) in [7, 11) is -4.15. The van der Waals surface area contributed by atoms with E-state index in [9.17, 15) is 23.1 Å². The minimum Gasteiger partial charge on any atom is -0.548 e. The molecule has 0 bridgehead atoms. The van der Waals surface area contributed by atoms with Crippen LogP contribution in [-0.2, 0) is 26.1 Å². The molecule has 0 aromatic heterocycles. The van der Waals surface area contributed by atoms with Gasteiger partial charge in [-0.2, -0.15) is 4.31 Å². The van der Waals surface area contributed by atoms with E-state index in [-0.39, 0.29) is 106 Å². The van der Waals surface area contributed by atoms with E-state index in [0.29, 0.717) is 18.4 Å². The van der Waals surface area contributed by atoms with Gasteiger partial charge in [0.1, 0.15) is 6.61 Å². The standard InChI is InChI=1S/C35H36N2O6S.Cs/c1-25-18-20-27(21-19-25)44(41,42)37(23-26-11-3-2-4-12-26)33(34(38)39)17-9-10-22-36-35(40)43-24-32-30-15-7-5-13-28(30)29-14-6-8-16-31(29)32;/h2-8,11-16,18-21,32-33H,9-10,17,22-24H2,1H3,(H,36,40)(H,38,39);/q;+1/p-1/t33-;/m0./s1. The molecule has 228 valence electrons. The zero-order valence-corrected chi connectivity index (χ0v) is 32.6. The van der Waals surface area contributed by atoms with Crippen molar-refractivity contribution in [1.29, 1.82) is 0 Å². The van der Waals surface area contributed by atoms with Gasteiger partial charge in [0, 0.05) is 19.0 Å². The monoisotopic (exact) mass is 744 g/mol. The summed E-state index contributed by atoms with van der Waals surface area (Å²) in [4.78, 5) is 24.9. The maximum Gasteiger partial charge on any atom is 1.00 e. The predicted octanol–water partition coefficient (Wildman–Crippen LogP) is 2.02. The normalized spacial score (nSPS) is 12.9. The van der Waals surface area contributed by atoms with E-state index < -0.39 is 28.1 Å². The number of fused-ring (bicyclic) bond motifs is 3. The Bertz CT molecular complexity index is 1670. The first-order valence-corrected chi connectivity index (χ1v) is 16.1. The quantitative estimate of drug-likeness (QED) is 0.210. The first kappa shape index (κ1) is 35.4. The third kappa shape index (κ3) is 8.69. The molecule has 1 aliphatic rings. The number of ether oxygens (including phenoxy) is 1. The molecule has 1 N–H and O–H groups in total. The van der Waals surface area contributed by atoms with Gasteiger partial charge < -0.3 is 20.0 Å². The molecule has 1 aliphatic carbocycles. The first-order valence-electron chi connectivity index (χ1n) is 14.7. The molecule has 0 saturated heterocycles. The molecule has 1 amide bonds. The molecule has 10 heteroatoms. The number of carbonyl (C=O) groups is 2. The van der Waals surface area contributed by atoms with Crippen molar-refractivity contribution >= 4 is 22.1 Å². The number of carbonyl (C=O) groups excluding carboxylic acids is 2. The maximum atomic E-state index is 13.7. The topological polar surface area (TPSA) is 116 Å². The van der Waals surface area contributed by atoms with Crippen LogP contribution in [0, 0.1) is 6.92 Å². The predicted molar refractivity (Wildman–Crippen MR) is 166 cm³/mol. The van der Waals surface area contributed by atoms with Crippen molar-refractivity contribution in [2.24, 2.45) is 0 Å². The van der Waals surface area contributed by atoms with Crippen LogP contribution in [0.1, 0.15) is 47.4 Å². The smallest absolute Gasteiger partial charge is 0.548 e. The summed E-state index contributed by atoms with van der Waals surface area (Å²) in [5, 5.41) is 15.0. The van der Waals surface area contributed by atoms with Gasteiger partial charge in [-0.3, -0.25) is 0 Å². The van der Waals surface area contributed by atoms with Crippen LogP contribution < -0.4 is 79.3 Å². The average Bonchev–Trinajstić information content (AvgIpc) is 3.35. The van der Waals surface area contributed by atoms with Crippen molar-refractivity contribution in [1.82, 2.24) is 9.62 Å². The number of amides is 1. The van der Waals surface area contributed by atoms with Crippen LogP contribution in [0.25, 0.3) is 11.1 Å². The molecule has 1 atom stereocenters. The van der Waals surface area contributed by atoms with Crippen LogP contribution in [0.2, 0.25) is 0 Å². The third-order valence-corrected chi connectivity index (χ3v) is 9.81. The van der Waals surface area contributed by atoms with Crippen LogP contribution in [0.15, 0.2) is 108 Å². The zero-order valence-electron chi connectivity index (χ0n) is 25.5. The van der Waals surface area contributed by atoms with Gasteiger partial charge in [0.25, 0.3) is 0 Å². The fraction of sp³-hybridized carbons (Fsp3) is 0.257. The summed E-state index contributed by atoms with van der Waals surface area (Å²) >= 11 is 0. The van der Waals surface area contributed by atoms with Crippen molar-refractivity contribution in [2.75, 3.05) is 13.2 Å². The average molecular weight is 745 g/mol. The number of benzene rings is 4. The van der Waals surface area contributed by atoms with Gasteiger partial charge in [-0.25, -0.2) is 13.2 Å². The Labute approximate surface area is 323 Å². The maximum absolute atomic E-state index is 13.7. The number of carboxylic acid groups (broad SMARTS) is 1. The SMILES string of the molecule is Cc1ccc(S(=O)(=O)N(Cc2ccccc2)[C@@H](CCCCNC(=O)OCC2c3ccccc3-c3ccccc32)C(=O)[O-])cc1.[Cs+]. The van der Waals surface area contributed by atoms with Crippen LogP contribution in [-0.4, -0.2) is 44.0 Å². The molecule has 0 heterocycles. The Morgan fingerprint density at radius 1 is 0.844 bits per heavy atom. The second-order valence-electron chi connectivity index (χ2n) is 10.9. The van der Waals surface area contributed by atoms with E-state index in [0.717, 1.165) is 32.1 Å². The van der Waals surface area contributed by atoms with Crippen molar-refractivity contribution in [2.45, 2.75) is 49.6 Å². The van der Waals surface area contributed by atoms with Gasteiger partial charge in [0.2, 0.25) is 10.0 Å². The van der Waals surface area contributed by atoms with Crippen LogP contribution in [0.4, 0.5) is 4.79 Å². The summed E-state index contributed by atoms with van der Waals surface area (Å²) in [6.07, 6.45) is 0.234. The number of aryl methyl sites for hydroxylation is 1. The molecule has 0 saturated carbocycles. The Morgan fingerprint density at radius 3 is 2.02 bits per heavy atom. The third-order valence-electron chi connectivity index (χ3n) is 7.95. The summed E-state index contributed by atoms with van der Waals surface area (Å²) in [6.45, 7) is 2.17. The van der Waals surface area contributed by atoms with Crippen molar-refractivity contribution in [3.63, 3.8) is 0 Å². The first-order chi connectivity index (χ1) is 21.3. The molecule has 0 unspecified atom stereocenters. The van der Waals surface area contributed by atoms with Gasteiger partial charge in [-0.15, -0.1) is 0 Å². The number of rotatable bonds is 13. The fourth-order valence-electron chi connectivity index (χ4n) is 5.65. The Hall–Kier alpha value is -2.42. The molecular formula is C35H35CsN2O6S. The Kier molecular flexibility index (Phi) is 12.9. The minimum absolute atomic E-state index is 0. The van der Waals surface area contributed by atoms with E-state index in [1.165, 1.54) is 12.1 Å². The molecule has 45 heavy (non-hydrogen) atoms. The van der Waals surface area contributed by atoms with Crippen molar-refractivity contribution in [3.05, 3.63) is 125 Å². The van der Waals surface area contributed by atoms with E-state index in [1.807, 2.05) is 37.3 Å². The summed E-state index contributed by atoms with van der Waals surface area (Å²) in [6, 6.07) is 30.0. The molecule has 0 fully saturated rings. The molecule has 8 nitrogen and oxygen atoms in total. The second-order valence-corrected chi connectivity index (χ2v) is 12.8. The molecule has 4 aromatic carbocycles. The number of hydrogen-bond acceptors (Lipinski definition) is 6. The zero-order chi connectivity index (χ0) is 31.1. The number of sulfonamides is 1. The molecule has 0 spiro atoms. The van der Waals surface area contributed by atoms with Crippen LogP contribution in [0.5, 0.6) is 0 Å². The minimum atomic E-state index is -4.15. The number of hydrogen-bond donors (Lipinski definition) is 1. The number of unbranched alkanes of at least 4 members (excludes halogenated alkanes) is 1. The van der Waals surface area contributed by atoms with Crippen molar-refractivity contribution < 1.29 is 96.7 Å². The molecule has 0 radical (unpaired) electrons. The van der Waals surface area contributed by atoms with E-state index in [1.54, 1.807) is 36.4 Å². The number of aliphatic carboxylic acids is 1. The molecule has 4 aromatic rings. The molecule has 0 aliphatic heterocycles. The molecular weight excluding hydrogens is 709 g/mol. The molecule has 5 rings (SSSR count). The summed E-state index contributed by atoms with van der Waals surface area (Å²) < 4.78 is 33.9. The van der Waals surface area contributed by atoms with E-state index in [2.05, 4.69) is 29.6 Å². The Morgan fingerprint density at radius 2 is 1.42 bits per heavy atom. The number of nitrogens with zero attached hydrogens (tertiary/aromatic N) is 1. The van der Waals surface area contributed by atoms with E-state index in [4.69, 9.17) is 4.74 Å². The van der Waals surface area contributed by atoms with E-state index >= 15 is 0 Å². The fourth-order valence-corrected chi connectivity index (χ4v) is 7.25. The number of alkyl carbamates (subject to hydrolysis) is 1. The summed E-state index contributed by atoms with van der Waals surface area (Å²) in [5.41, 5.74) is 6.08. The summed E-state index contributed by atoms with van der Waals surface area (Å²) in [5.74, 6) is -1.52. The Balaban J connectivity index is 0.00000461. The number of carboxylic acids is 1. The van der Waals surface area contributed by atoms with Gasteiger partial charge in [-0.05, 0) is 66.1 Å². The largest absolute Gasteiger partial charge is 1.00 e. The van der Waals surface area contributed by atoms with Gasteiger partial charge in [0.15, 0.2) is 0 Å². The van der Waals surface area contributed by atoms with Gasteiger partial charge >= 0.3 is 75.0 Å². The van der Waals surface area contributed by atoms with Crippen LogP contribution in [0.3, 0.4) is 0 Å². The van der Waals surface area contributed by atoms with Crippen molar-refractivity contribution in [3.8, 4) is 11.1 Å². The van der Waals surface area contributed by atoms with Crippen LogP contribution >= 0.6 is 0 Å². The second kappa shape index (κ2) is 16.4.